The molecule has 3 nitrogen and oxygen atoms in total. The van der Waals surface area contributed by atoms with Gasteiger partial charge in [0.1, 0.15) is 11.9 Å². The fraction of sp³-hybridized carbons (Fsp3) is 0.500. The van der Waals surface area contributed by atoms with Gasteiger partial charge in [-0.1, -0.05) is 12.1 Å². The first-order valence-electron chi connectivity index (χ1n) is 5.21. The van der Waals surface area contributed by atoms with E-state index in [0.29, 0.717) is 23.5 Å². The zero-order valence-electron chi connectivity index (χ0n) is 9.55. The Labute approximate surface area is 101 Å². The van der Waals surface area contributed by atoms with Crippen LogP contribution in [0.1, 0.15) is 23.7 Å². The van der Waals surface area contributed by atoms with Crippen LogP contribution < -0.4 is 4.74 Å². The first-order chi connectivity index (χ1) is 7.60. The van der Waals surface area contributed by atoms with E-state index in [4.69, 9.17) is 4.74 Å². The van der Waals surface area contributed by atoms with Crippen LogP contribution in [0.15, 0.2) is 18.2 Å². The summed E-state index contributed by atoms with van der Waals surface area (Å²) in [6.45, 7) is 1.95. The Kier molecular flexibility index (Phi) is 5.12. The largest absolute Gasteiger partial charge is 0.496 e. The minimum Gasteiger partial charge on any atom is -0.496 e. The van der Waals surface area contributed by atoms with Gasteiger partial charge in [-0.15, -0.1) is 0 Å². The average Bonchev–Trinajstić information content (AvgIpc) is 2.28. The van der Waals surface area contributed by atoms with Crippen molar-refractivity contribution in [1.82, 2.24) is 0 Å². The van der Waals surface area contributed by atoms with Crippen LogP contribution in [0.25, 0.3) is 0 Å². The zero-order valence-corrected chi connectivity index (χ0v) is 10.4. The lowest BCUT2D eigenvalue weighted by molar-refractivity contribution is 0.0159. The van der Waals surface area contributed by atoms with Crippen molar-refractivity contribution in [2.24, 2.45) is 0 Å². The van der Waals surface area contributed by atoms with E-state index >= 15 is 0 Å². The van der Waals surface area contributed by atoms with E-state index < -0.39 is 12.2 Å². The lowest BCUT2D eigenvalue weighted by Gasteiger charge is -2.20. The van der Waals surface area contributed by atoms with Crippen LogP contribution in [0.3, 0.4) is 0 Å². The number of methoxy groups -OCH3 is 1. The Morgan fingerprint density at radius 3 is 2.62 bits per heavy atom. The van der Waals surface area contributed by atoms with Crippen molar-refractivity contribution in [3.8, 4) is 5.75 Å². The second kappa shape index (κ2) is 6.13. The molecule has 0 saturated carbocycles. The van der Waals surface area contributed by atoms with Gasteiger partial charge in [-0.05, 0) is 30.7 Å². The van der Waals surface area contributed by atoms with Crippen molar-refractivity contribution in [1.29, 1.82) is 0 Å². The normalized spacial score (nSPS) is 14.6. The number of thiol groups is 1. The summed E-state index contributed by atoms with van der Waals surface area (Å²) >= 11 is 4.03. The topological polar surface area (TPSA) is 49.7 Å². The highest BCUT2D eigenvalue weighted by Crippen LogP contribution is 2.29. The lowest BCUT2D eigenvalue weighted by Crippen LogP contribution is -2.19. The van der Waals surface area contributed by atoms with Crippen LogP contribution in [-0.2, 0) is 0 Å². The SMILES string of the molecule is COc1cc(C)ccc1C(O)C(O)CCS. The molecule has 2 N–H and O–H groups in total. The van der Waals surface area contributed by atoms with Gasteiger partial charge in [0.25, 0.3) is 0 Å². The van der Waals surface area contributed by atoms with Crippen molar-refractivity contribution >= 4 is 12.6 Å². The quantitative estimate of drug-likeness (QED) is 0.689. The van der Waals surface area contributed by atoms with E-state index in [-0.39, 0.29) is 0 Å². The molecule has 90 valence electrons. The Morgan fingerprint density at radius 1 is 1.38 bits per heavy atom. The van der Waals surface area contributed by atoms with E-state index in [1.807, 2.05) is 19.1 Å². The molecule has 0 aliphatic heterocycles. The van der Waals surface area contributed by atoms with Crippen molar-refractivity contribution in [3.63, 3.8) is 0 Å². The number of hydrogen-bond donors (Lipinski definition) is 3. The maximum atomic E-state index is 9.96. The molecule has 0 spiro atoms. The summed E-state index contributed by atoms with van der Waals surface area (Å²) < 4.78 is 5.19. The Morgan fingerprint density at radius 2 is 2.06 bits per heavy atom. The van der Waals surface area contributed by atoms with Crippen LogP contribution in [0, 0.1) is 6.92 Å². The highest BCUT2D eigenvalue weighted by molar-refractivity contribution is 7.80. The molecule has 1 aromatic rings. The molecular formula is C12H18O3S. The lowest BCUT2D eigenvalue weighted by atomic mass is 10.0. The minimum atomic E-state index is -0.928. The maximum Gasteiger partial charge on any atom is 0.125 e. The molecule has 1 rings (SSSR count). The molecule has 4 heteroatoms. The number of ether oxygens (including phenoxy) is 1. The number of aryl methyl sites for hydroxylation is 1. The predicted molar refractivity (Wildman–Crippen MR) is 67.2 cm³/mol. The third-order valence-electron chi connectivity index (χ3n) is 2.50. The third kappa shape index (κ3) is 3.14. The summed E-state index contributed by atoms with van der Waals surface area (Å²) in [7, 11) is 1.55. The Hall–Kier alpha value is -0.710. The molecule has 0 aliphatic carbocycles. The highest BCUT2D eigenvalue weighted by atomic mass is 32.1. The van der Waals surface area contributed by atoms with Crippen LogP contribution in [-0.4, -0.2) is 29.2 Å². The molecule has 2 unspecified atom stereocenters. The number of aliphatic hydroxyl groups is 2. The molecule has 0 bridgehead atoms. The predicted octanol–water partition coefficient (Wildman–Crippen LogP) is 1.72. The molecule has 0 heterocycles. The van der Waals surface area contributed by atoms with Gasteiger partial charge in [-0.2, -0.15) is 12.6 Å². The standard InChI is InChI=1S/C12H18O3S/c1-8-3-4-9(11(7-8)15-2)12(14)10(13)5-6-16/h3-4,7,10,12-14,16H,5-6H2,1-2H3. The smallest absolute Gasteiger partial charge is 0.125 e. The van der Waals surface area contributed by atoms with Gasteiger partial charge in [-0.25, -0.2) is 0 Å². The number of aliphatic hydroxyl groups excluding tert-OH is 2. The van der Waals surface area contributed by atoms with Crippen molar-refractivity contribution in [2.75, 3.05) is 12.9 Å². The van der Waals surface area contributed by atoms with Gasteiger partial charge in [0.05, 0.1) is 13.2 Å². The van der Waals surface area contributed by atoms with Gasteiger partial charge in [0.15, 0.2) is 0 Å². The zero-order chi connectivity index (χ0) is 12.1. The van der Waals surface area contributed by atoms with Crippen molar-refractivity contribution < 1.29 is 14.9 Å². The molecule has 1 aromatic carbocycles. The molecule has 0 fully saturated rings. The molecule has 0 aromatic heterocycles. The van der Waals surface area contributed by atoms with Gasteiger partial charge in [0, 0.05) is 5.56 Å². The molecular weight excluding hydrogens is 224 g/mol. The van der Waals surface area contributed by atoms with Crippen LogP contribution >= 0.6 is 12.6 Å². The second-order valence-electron chi connectivity index (χ2n) is 3.77. The maximum absolute atomic E-state index is 9.96. The molecule has 2 atom stereocenters. The van der Waals surface area contributed by atoms with E-state index in [9.17, 15) is 10.2 Å². The van der Waals surface area contributed by atoms with Crippen molar-refractivity contribution in [3.05, 3.63) is 29.3 Å². The van der Waals surface area contributed by atoms with E-state index in [2.05, 4.69) is 12.6 Å². The summed E-state index contributed by atoms with van der Waals surface area (Å²) in [6.07, 6.45) is -1.29. The van der Waals surface area contributed by atoms with Crippen LogP contribution in [0.5, 0.6) is 5.75 Å². The fourth-order valence-corrected chi connectivity index (χ4v) is 1.82. The molecule has 0 radical (unpaired) electrons. The van der Waals surface area contributed by atoms with Gasteiger partial charge in [0.2, 0.25) is 0 Å². The summed E-state index contributed by atoms with van der Waals surface area (Å²) in [5.74, 6) is 1.14. The minimum absolute atomic E-state index is 0.446. The fourth-order valence-electron chi connectivity index (χ4n) is 1.56. The third-order valence-corrected chi connectivity index (χ3v) is 2.76. The second-order valence-corrected chi connectivity index (χ2v) is 4.22. The van der Waals surface area contributed by atoms with E-state index in [0.717, 1.165) is 5.56 Å². The average molecular weight is 242 g/mol. The van der Waals surface area contributed by atoms with Crippen LogP contribution in [0.4, 0.5) is 0 Å². The summed E-state index contributed by atoms with van der Waals surface area (Å²) in [4.78, 5) is 0. The molecule has 0 amide bonds. The summed E-state index contributed by atoms with van der Waals surface area (Å²) in [5, 5.41) is 19.7. The summed E-state index contributed by atoms with van der Waals surface area (Å²) in [5.41, 5.74) is 1.67. The Bertz CT molecular complexity index is 341. The number of rotatable bonds is 5. The molecule has 0 saturated heterocycles. The van der Waals surface area contributed by atoms with E-state index in [1.165, 1.54) is 0 Å². The number of benzene rings is 1. The van der Waals surface area contributed by atoms with Crippen molar-refractivity contribution in [2.45, 2.75) is 25.6 Å². The van der Waals surface area contributed by atoms with E-state index in [1.54, 1.807) is 13.2 Å². The summed E-state index contributed by atoms with van der Waals surface area (Å²) in [6, 6.07) is 5.50. The first kappa shape index (κ1) is 13.4. The van der Waals surface area contributed by atoms with Gasteiger partial charge >= 0.3 is 0 Å². The van der Waals surface area contributed by atoms with Gasteiger partial charge in [-0.3, -0.25) is 0 Å². The van der Waals surface area contributed by atoms with Gasteiger partial charge < -0.3 is 14.9 Å². The molecule has 0 aliphatic rings. The van der Waals surface area contributed by atoms with Crippen LogP contribution in [0.2, 0.25) is 0 Å². The molecule has 16 heavy (non-hydrogen) atoms. The number of hydrogen-bond acceptors (Lipinski definition) is 4. The highest BCUT2D eigenvalue weighted by Gasteiger charge is 2.20. The first-order valence-corrected chi connectivity index (χ1v) is 5.85. The monoisotopic (exact) mass is 242 g/mol. The Balaban J connectivity index is 2.93.